The van der Waals surface area contributed by atoms with Crippen molar-refractivity contribution >= 4 is 23.5 Å². The largest absolute Gasteiger partial charge is 0.480 e. The molecule has 1 amide bonds. The Morgan fingerprint density at radius 3 is 2.69 bits per heavy atom. The fraction of sp³-hybridized carbons (Fsp3) is 0.333. The monoisotopic (exact) mass is 246 g/mol. The molecule has 1 aromatic rings. The highest BCUT2D eigenvalue weighted by Crippen LogP contribution is 2.09. The molecule has 0 saturated heterocycles. The van der Waals surface area contributed by atoms with Crippen molar-refractivity contribution in [2.45, 2.75) is 12.5 Å². The van der Waals surface area contributed by atoms with Crippen molar-refractivity contribution in [2.24, 2.45) is 0 Å². The molecule has 1 heterocycles. The summed E-state index contributed by atoms with van der Waals surface area (Å²) in [7, 11) is 0. The van der Waals surface area contributed by atoms with Crippen LogP contribution in [0, 0.1) is 0 Å². The lowest BCUT2D eigenvalue weighted by molar-refractivity contribution is -0.139. The van der Waals surface area contributed by atoms with Crippen molar-refractivity contribution in [1.82, 2.24) is 10.3 Å². The van der Waals surface area contributed by atoms with E-state index in [0.717, 1.165) is 0 Å². The summed E-state index contributed by atoms with van der Waals surface area (Å²) in [5.41, 5.74) is 0.175. The van der Waals surface area contributed by atoms with E-state index in [4.69, 9.17) is 21.8 Å². The van der Waals surface area contributed by atoms with Gasteiger partial charge in [0.1, 0.15) is 11.7 Å². The molecule has 1 rings (SSSR count). The van der Waals surface area contributed by atoms with Crippen LogP contribution in [0.3, 0.4) is 0 Å². The van der Waals surface area contributed by atoms with Crippen molar-refractivity contribution in [3.63, 3.8) is 0 Å². The first-order chi connectivity index (χ1) is 7.54. The van der Waals surface area contributed by atoms with E-state index in [1.165, 1.54) is 12.3 Å². The Morgan fingerprint density at radius 2 is 2.25 bits per heavy atom. The molecule has 0 aromatic carbocycles. The second-order valence-corrected chi connectivity index (χ2v) is 3.54. The number of amides is 1. The number of aliphatic carboxylic acids is 1. The summed E-state index contributed by atoms with van der Waals surface area (Å²) in [6, 6.07) is 0.272. The highest BCUT2D eigenvalue weighted by Gasteiger charge is 2.20. The summed E-state index contributed by atoms with van der Waals surface area (Å²) >= 11 is 5.60. The SMILES string of the molecule is O=C(N[C@@H](CCO)C(=O)O)c1cc(Cl)c[nH]1. The van der Waals surface area contributed by atoms with Gasteiger partial charge in [0.05, 0.1) is 5.02 Å². The van der Waals surface area contributed by atoms with Crippen LogP contribution in [0.2, 0.25) is 5.02 Å². The van der Waals surface area contributed by atoms with Crippen LogP contribution in [0.1, 0.15) is 16.9 Å². The van der Waals surface area contributed by atoms with E-state index in [0.29, 0.717) is 5.02 Å². The van der Waals surface area contributed by atoms with Crippen LogP contribution >= 0.6 is 11.6 Å². The van der Waals surface area contributed by atoms with E-state index in [1.807, 2.05) is 0 Å². The smallest absolute Gasteiger partial charge is 0.326 e. The van der Waals surface area contributed by atoms with Crippen LogP contribution in [0.15, 0.2) is 12.3 Å². The molecule has 0 aliphatic rings. The number of carbonyl (C=O) groups is 2. The number of aliphatic hydroxyl groups is 1. The molecule has 4 N–H and O–H groups in total. The van der Waals surface area contributed by atoms with Crippen molar-refractivity contribution < 1.29 is 19.8 Å². The maximum atomic E-state index is 11.5. The second kappa shape index (κ2) is 5.53. The lowest BCUT2D eigenvalue weighted by Gasteiger charge is -2.12. The molecule has 0 radical (unpaired) electrons. The first-order valence-corrected chi connectivity index (χ1v) is 4.91. The molecule has 7 heteroatoms. The number of aliphatic hydroxyl groups excluding tert-OH is 1. The molecule has 0 spiro atoms. The van der Waals surface area contributed by atoms with Gasteiger partial charge in [-0.1, -0.05) is 11.6 Å². The highest BCUT2D eigenvalue weighted by molar-refractivity contribution is 6.30. The van der Waals surface area contributed by atoms with Crippen molar-refractivity contribution in [3.05, 3.63) is 23.0 Å². The molecule has 16 heavy (non-hydrogen) atoms. The van der Waals surface area contributed by atoms with Crippen LogP contribution < -0.4 is 5.32 Å². The second-order valence-electron chi connectivity index (χ2n) is 3.11. The molecule has 1 atom stereocenters. The summed E-state index contributed by atoms with van der Waals surface area (Å²) < 4.78 is 0. The molecule has 0 unspecified atom stereocenters. The molecule has 0 fully saturated rings. The number of aromatic nitrogens is 1. The fourth-order valence-electron chi connectivity index (χ4n) is 1.12. The van der Waals surface area contributed by atoms with E-state index in [-0.39, 0.29) is 18.7 Å². The Labute approximate surface area is 96.2 Å². The zero-order valence-electron chi connectivity index (χ0n) is 8.24. The predicted molar refractivity (Wildman–Crippen MR) is 56.4 cm³/mol. The number of carboxylic acids is 1. The Bertz CT molecular complexity index is 391. The van der Waals surface area contributed by atoms with Crippen molar-refractivity contribution in [1.29, 1.82) is 0 Å². The summed E-state index contributed by atoms with van der Waals surface area (Å²) in [6.07, 6.45) is 1.37. The van der Waals surface area contributed by atoms with Gasteiger partial charge in [-0.05, 0) is 6.07 Å². The minimum atomic E-state index is -1.19. The third-order valence-electron chi connectivity index (χ3n) is 1.91. The zero-order valence-corrected chi connectivity index (χ0v) is 8.99. The van der Waals surface area contributed by atoms with Gasteiger partial charge in [-0.3, -0.25) is 4.79 Å². The van der Waals surface area contributed by atoms with E-state index in [2.05, 4.69) is 10.3 Å². The minimum absolute atomic E-state index is 0.0461. The quantitative estimate of drug-likeness (QED) is 0.597. The summed E-state index contributed by atoms with van der Waals surface area (Å²) in [5.74, 6) is -1.77. The normalized spacial score (nSPS) is 12.1. The average Bonchev–Trinajstić information content (AvgIpc) is 2.64. The van der Waals surface area contributed by atoms with E-state index in [1.54, 1.807) is 0 Å². The predicted octanol–water partition coefficient (Wildman–Crippen LogP) is 0.233. The van der Waals surface area contributed by atoms with Gasteiger partial charge >= 0.3 is 5.97 Å². The first-order valence-electron chi connectivity index (χ1n) is 4.53. The third-order valence-corrected chi connectivity index (χ3v) is 2.13. The fourth-order valence-corrected chi connectivity index (χ4v) is 1.29. The maximum Gasteiger partial charge on any atom is 0.326 e. The Hall–Kier alpha value is -1.53. The summed E-state index contributed by atoms with van der Waals surface area (Å²) in [5, 5.41) is 20.0. The number of hydrogen-bond acceptors (Lipinski definition) is 3. The lowest BCUT2D eigenvalue weighted by atomic mass is 10.2. The highest BCUT2D eigenvalue weighted by atomic mass is 35.5. The maximum absolute atomic E-state index is 11.5. The molecule has 0 aliphatic heterocycles. The molecule has 0 bridgehead atoms. The molecule has 88 valence electrons. The number of H-pyrrole nitrogens is 1. The molecule has 6 nitrogen and oxygen atoms in total. The molecule has 0 aliphatic carbocycles. The molecule has 0 saturated carbocycles. The van der Waals surface area contributed by atoms with Gasteiger partial charge < -0.3 is 20.5 Å². The molecule has 1 aromatic heterocycles. The van der Waals surface area contributed by atoms with E-state index >= 15 is 0 Å². The topological polar surface area (TPSA) is 102 Å². The Kier molecular flexibility index (Phi) is 4.33. The number of nitrogens with one attached hydrogen (secondary N) is 2. The molecular weight excluding hydrogens is 236 g/mol. The lowest BCUT2D eigenvalue weighted by Crippen LogP contribution is -2.41. The Morgan fingerprint density at radius 1 is 1.56 bits per heavy atom. The number of carboxylic acid groups (broad SMARTS) is 1. The number of carbonyl (C=O) groups excluding carboxylic acids is 1. The standard InChI is InChI=1S/C9H11ClN2O4/c10-5-3-7(11-4-5)8(14)12-6(1-2-13)9(15)16/h3-4,6,11,13H,1-2H2,(H,12,14)(H,15,16)/t6-/m0/s1. The van der Waals surface area contributed by atoms with Gasteiger partial charge in [-0.2, -0.15) is 0 Å². The van der Waals surface area contributed by atoms with Crippen LogP contribution in [0.4, 0.5) is 0 Å². The van der Waals surface area contributed by atoms with E-state index in [9.17, 15) is 9.59 Å². The number of aromatic amines is 1. The van der Waals surface area contributed by atoms with E-state index < -0.39 is 17.9 Å². The summed E-state index contributed by atoms with van der Waals surface area (Å²) in [6.45, 7) is -0.317. The number of rotatable bonds is 5. The van der Waals surface area contributed by atoms with Crippen LogP contribution in [-0.4, -0.2) is 39.7 Å². The van der Waals surface area contributed by atoms with Gasteiger partial charge in [-0.25, -0.2) is 4.79 Å². The van der Waals surface area contributed by atoms with Gasteiger partial charge in [0.2, 0.25) is 0 Å². The van der Waals surface area contributed by atoms with Gasteiger partial charge in [0.15, 0.2) is 0 Å². The molecular formula is C9H11ClN2O4. The van der Waals surface area contributed by atoms with Crippen molar-refractivity contribution in [3.8, 4) is 0 Å². The summed E-state index contributed by atoms with van der Waals surface area (Å²) in [4.78, 5) is 24.8. The third kappa shape index (κ3) is 3.25. The van der Waals surface area contributed by atoms with Gasteiger partial charge in [0.25, 0.3) is 5.91 Å². The zero-order chi connectivity index (χ0) is 12.1. The van der Waals surface area contributed by atoms with Crippen molar-refractivity contribution in [2.75, 3.05) is 6.61 Å². The van der Waals surface area contributed by atoms with Gasteiger partial charge in [-0.15, -0.1) is 0 Å². The number of hydrogen-bond donors (Lipinski definition) is 4. The number of halogens is 1. The van der Waals surface area contributed by atoms with Crippen LogP contribution in [0.25, 0.3) is 0 Å². The van der Waals surface area contributed by atoms with Gasteiger partial charge in [0, 0.05) is 19.2 Å². The minimum Gasteiger partial charge on any atom is -0.480 e. The first kappa shape index (κ1) is 12.5. The average molecular weight is 247 g/mol. The van der Waals surface area contributed by atoms with Crippen LogP contribution in [-0.2, 0) is 4.79 Å². The van der Waals surface area contributed by atoms with Crippen LogP contribution in [0.5, 0.6) is 0 Å². The Balaban J connectivity index is 2.65.